The molecule has 0 saturated heterocycles. The minimum absolute atomic E-state index is 0.749. The summed E-state index contributed by atoms with van der Waals surface area (Å²) in [5.74, 6) is 1.99. The third kappa shape index (κ3) is 5.87. The van der Waals surface area contributed by atoms with Crippen LogP contribution in [0.2, 0.25) is 0 Å². The van der Waals surface area contributed by atoms with Crippen molar-refractivity contribution in [2.75, 3.05) is 13.1 Å². The summed E-state index contributed by atoms with van der Waals surface area (Å²) in [6.45, 7) is 10.1. The molecule has 0 aromatic carbocycles. The van der Waals surface area contributed by atoms with E-state index in [-0.39, 0.29) is 0 Å². The quantitative estimate of drug-likeness (QED) is 0.669. The van der Waals surface area contributed by atoms with Crippen LogP contribution < -0.4 is 5.32 Å². The molecule has 1 rings (SSSR count). The molecular formula is C14H27N3. The Labute approximate surface area is 106 Å². The maximum atomic E-state index is 4.42. The summed E-state index contributed by atoms with van der Waals surface area (Å²) >= 11 is 0. The first-order chi connectivity index (χ1) is 8.24. The molecule has 0 bridgehead atoms. The standard InChI is InChI=1S/C14H27N3/c1-4-10-17-11-9-16-14(17)7-5-6-8-15-12-13(2)3/h9,11,13,15H,4-8,10,12H2,1-3H3. The van der Waals surface area contributed by atoms with Gasteiger partial charge in [0, 0.05) is 25.4 Å². The van der Waals surface area contributed by atoms with Gasteiger partial charge in [-0.1, -0.05) is 20.8 Å². The van der Waals surface area contributed by atoms with Crippen LogP contribution in [0.1, 0.15) is 45.9 Å². The van der Waals surface area contributed by atoms with Gasteiger partial charge >= 0.3 is 0 Å². The van der Waals surface area contributed by atoms with Crippen molar-refractivity contribution in [3.63, 3.8) is 0 Å². The van der Waals surface area contributed by atoms with Crippen molar-refractivity contribution < 1.29 is 0 Å². The number of rotatable bonds is 9. The van der Waals surface area contributed by atoms with Crippen LogP contribution in [0.3, 0.4) is 0 Å². The molecule has 0 spiro atoms. The Morgan fingerprint density at radius 1 is 1.35 bits per heavy atom. The summed E-state index contributed by atoms with van der Waals surface area (Å²) in [5.41, 5.74) is 0. The maximum absolute atomic E-state index is 4.42. The third-order valence-corrected chi connectivity index (χ3v) is 2.82. The zero-order valence-corrected chi connectivity index (χ0v) is 11.6. The minimum Gasteiger partial charge on any atom is -0.335 e. The number of aryl methyl sites for hydroxylation is 2. The molecule has 0 unspecified atom stereocenters. The second kappa shape index (κ2) is 8.29. The fourth-order valence-electron chi connectivity index (χ4n) is 1.94. The van der Waals surface area contributed by atoms with Gasteiger partial charge in [0.1, 0.15) is 5.82 Å². The highest BCUT2D eigenvalue weighted by Crippen LogP contribution is 2.04. The highest BCUT2D eigenvalue weighted by atomic mass is 15.1. The first-order valence-corrected chi connectivity index (χ1v) is 6.94. The van der Waals surface area contributed by atoms with Gasteiger partial charge < -0.3 is 9.88 Å². The molecule has 3 nitrogen and oxygen atoms in total. The lowest BCUT2D eigenvalue weighted by atomic mass is 10.2. The van der Waals surface area contributed by atoms with Crippen LogP contribution in [-0.4, -0.2) is 22.6 Å². The van der Waals surface area contributed by atoms with E-state index in [1.165, 1.54) is 25.1 Å². The Kier molecular flexibility index (Phi) is 6.94. The van der Waals surface area contributed by atoms with Gasteiger partial charge in [-0.3, -0.25) is 0 Å². The van der Waals surface area contributed by atoms with E-state index in [1.54, 1.807) is 0 Å². The third-order valence-electron chi connectivity index (χ3n) is 2.82. The molecule has 1 aromatic heterocycles. The Bertz CT molecular complexity index is 291. The molecule has 98 valence electrons. The molecule has 17 heavy (non-hydrogen) atoms. The molecule has 0 radical (unpaired) electrons. The van der Waals surface area contributed by atoms with Gasteiger partial charge in [0.25, 0.3) is 0 Å². The number of hydrogen-bond acceptors (Lipinski definition) is 2. The number of nitrogens with one attached hydrogen (secondary N) is 1. The predicted octanol–water partition coefficient (Wildman–Crippen LogP) is 2.86. The summed E-state index contributed by atoms with van der Waals surface area (Å²) in [6.07, 6.45) is 8.77. The smallest absolute Gasteiger partial charge is 0.108 e. The second-order valence-corrected chi connectivity index (χ2v) is 5.09. The molecule has 0 saturated carbocycles. The first-order valence-electron chi connectivity index (χ1n) is 6.94. The van der Waals surface area contributed by atoms with Gasteiger partial charge in [-0.15, -0.1) is 0 Å². The van der Waals surface area contributed by atoms with E-state index in [4.69, 9.17) is 0 Å². The lowest BCUT2D eigenvalue weighted by Gasteiger charge is -2.08. The van der Waals surface area contributed by atoms with Gasteiger partial charge in [0.05, 0.1) is 0 Å². The normalized spacial score (nSPS) is 11.3. The number of unbranched alkanes of at least 4 members (excludes halogenated alkanes) is 1. The second-order valence-electron chi connectivity index (χ2n) is 5.09. The molecule has 0 fully saturated rings. The predicted molar refractivity (Wildman–Crippen MR) is 73.2 cm³/mol. The van der Waals surface area contributed by atoms with Gasteiger partial charge in [0.2, 0.25) is 0 Å². The monoisotopic (exact) mass is 237 g/mol. The van der Waals surface area contributed by atoms with Gasteiger partial charge in [-0.05, 0) is 38.3 Å². The van der Waals surface area contributed by atoms with E-state index in [1.807, 2.05) is 6.20 Å². The average molecular weight is 237 g/mol. The number of imidazole rings is 1. The van der Waals surface area contributed by atoms with Gasteiger partial charge in [0.15, 0.2) is 0 Å². The zero-order chi connectivity index (χ0) is 12.5. The minimum atomic E-state index is 0.749. The van der Waals surface area contributed by atoms with Crippen molar-refractivity contribution in [1.29, 1.82) is 0 Å². The Morgan fingerprint density at radius 2 is 2.18 bits per heavy atom. The van der Waals surface area contributed by atoms with Crippen molar-refractivity contribution in [2.45, 2.75) is 53.0 Å². The van der Waals surface area contributed by atoms with Crippen LogP contribution in [0.4, 0.5) is 0 Å². The van der Waals surface area contributed by atoms with E-state index in [9.17, 15) is 0 Å². The molecule has 0 amide bonds. The van der Waals surface area contributed by atoms with Crippen LogP contribution in [0.25, 0.3) is 0 Å². The molecule has 0 atom stereocenters. The van der Waals surface area contributed by atoms with E-state index in [0.29, 0.717) is 0 Å². The van der Waals surface area contributed by atoms with Gasteiger partial charge in [-0.25, -0.2) is 4.98 Å². The molecule has 0 aliphatic rings. The SMILES string of the molecule is CCCn1ccnc1CCCCNCC(C)C. The molecule has 0 aliphatic carbocycles. The van der Waals surface area contributed by atoms with Crippen LogP contribution in [-0.2, 0) is 13.0 Å². The fourth-order valence-corrected chi connectivity index (χ4v) is 1.94. The fraction of sp³-hybridized carbons (Fsp3) is 0.786. The van der Waals surface area contributed by atoms with Crippen LogP contribution in [0.5, 0.6) is 0 Å². The zero-order valence-electron chi connectivity index (χ0n) is 11.6. The van der Waals surface area contributed by atoms with Gasteiger partial charge in [-0.2, -0.15) is 0 Å². The van der Waals surface area contributed by atoms with E-state index in [2.05, 4.69) is 41.8 Å². The topological polar surface area (TPSA) is 29.9 Å². The molecule has 1 aromatic rings. The van der Waals surface area contributed by atoms with E-state index >= 15 is 0 Å². The largest absolute Gasteiger partial charge is 0.335 e. The molecule has 1 heterocycles. The molecule has 3 heteroatoms. The van der Waals surface area contributed by atoms with Crippen molar-refractivity contribution in [1.82, 2.24) is 14.9 Å². The summed E-state index contributed by atoms with van der Waals surface area (Å²) in [7, 11) is 0. The maximum Gasteiger partial charge on any atom is 0.108 e. The Hall–Kier alpha value is -0.830. The summed E-state index contributed by atoms with van der Waals surface area (Å²) in [5, 5.41) is 3.48. The lowest BCUT2D eigenvalue weighted by Crippen LogP contribution is -2.20. The first kappa shape index (κ1) is 14.2. The molecule has 0 aliphatic heterocycles. The number of hydrogen-bond donors (Lipinski definition) is 1. The molecule has 1 N–H and O–H groups in total. The van der Waals surface area contributed by atoms with E-state index < -0.39 is 0 Å². The number of aromatic nitrogens is 2. The van der Waals surface area contributed by atoms with Crippen LogP contribution in [0.15, 0.2) is 12.4 Å². The van der Waals surface area contributed by atoms with Crippen LogP contribution >= 0.6 is 0 Å². The van der Waals surface area contributed by atoms with Crippen molar-refractivity contribution in [2.24, 2.45) is 5.92 Å². The average Bonchev–Trinajstić information content (AvgIpc) is 2.71. The van der Waals surface area contributed by atoms with Crippen molar-refractivity contribution in [3.8, 4) is 0 Å². The highest BCUT2D eigenvalue weighted by molar-refractivity contribution is 4.92. The van der Waals surface area contributed by atoms with E-state index in [0.717, 1.165) is 32.0 Å². The Morgan fingerprint density at radius 3 is 2.88 bits per heavy atom. The Balaban J connectivity index is 2.11. The molecular weight excluding hydrogens is 210 g/mol. The number of nitrogens with zero attached hydrogens (tertiary/aromatic N) is 2. The lowest BCUT2D eigenvalue weighted by molar-refractivity contribution is 0.530. The summed E-state index contributed by atoms with van der Waals surface area (Å²) in [4.78, 5) is 4.42. The van der Waals surface area contributed by atoms with Crippen LogP contribution in [0, 0.1) is 5.92 Å². The van der Waals surface area contributed by atoms with Crippen molar-refractivity contribution in [3.05, 3.63) is 18.2 Å². The van der Waals surface area contributed by atoms with Crippen molar-refractivity contribution >= 4 is 0 Å². The highest BCUT2D eigenvalue weighted by Gasteiger charge is 2.01. The summed E-state index contributed by atoms with van der Waals surface area (Å²) in [6, 6.07) is 0. The summed E-state index contributed by atoms with van der Waals surface area (Å²) < 4.78 is 2.28.